The lowest BCUT2D eigenvalue weighted by molar-refractivity contribution is 0.148. The van der Waals surface area contributed by atoms with E-state index in [0.717, 1.165) is 6.04 Å². The minimum absolute atomic E-state index is 0.898. The first-order chi connectivity index (χ1) is 7.20. The molecule has 2 heteroatoms. The quantitative estimate of drug-likeness (QED) is 0.712. The zero-order chi connectivity index (χ0) is 12.3. The highest BCUT2D eigenvalue weighted by atomic mass is 15.2. The number of hydrogen-bond acceptors (Lipinski definition) is 2. The van der Waals surface area contributed by atoms with E-state index in [1.54, 1.807) is 0 Å². The molecule has 15 heavy (non-hydrogen) atoms. The number of rotatable bonds is 4. The van der Waals surface area contributed by atoms with Crippen LogP contribution in [0.2, 0.25) is 0 Å². The molecule has 0 aromatic carbocycles. The van der Waals surface area contributed by atoms with Crippen molar-refractivity contribution in [3.63, 3.8) is 0 Å². The summed E-state index contributed by atoms with van der Waals surface area (Å²) in [5, 5.41) is 0. The minimum atomic E-state index is 0.898. The van der Waals surface area contributed by atoms with Gasteiger partial charge in [-0.2, -0.15) is 0 Å². The molecule has 0 bridgehead atoms. The summed E-state index contributed by atoms with van der Waals surface area (Å²) in [5.41, 5.74) is 0. The highest BCUT2D eigenvalue weighted by Crippen LogP contribution is 2.22. The summed E-state index contributed by atoms with van der Waals surface area (Å²) < 4.78 is 0. The summed E-state index contributed by atoms with van der Waals surface area (Å²) >= 11 is 0. The van der Waals surface area contributed by atoms with E-state index >= 15 is 0 Å². The largest absolute Gasteiger partial charge is 0.308 e. The van der Waals surface area contributed by atoms with E-state index in [1.165, 1.54) is 32.4 Å². The molecule has 0 aromatic heterocycles. The van der Waals surface area contributed by atoms with Crippen molar-refractivity contribution in [3.8, 4) is 0 Å². The monoisotopic (exact) mass is 216 g/mol. The molecule has 1 fully saturated rings. The summed E-state index contributed by atoms with van der Waals surface area (Å²) in [6, 6.07) is 0.898. The van der Waals surface area contributed by atoms with Crippen LogP contribution < -0.4 is 0 Å². The fourth-order valence-electron chi connectivity index (χ4n) is 1.37. The minimum Gasteiger partial charge on any atom is -0.308 e. The van der Waals surface area contributed by atoms with Crippen LogP contribution in [0.4, 0.5) is 0 Å². The van der Waals surface area contributed by atoms with E-state index < -0.39 is 0 Å². The molecule has 0 spiro atoms. The second kappa shape index (κ2) is 12.0. The molecule has 94 valence electrons. The number of hydrogen-bond donors (Lipinski definition) is 0. The molecule has 0 saturated heterocycles. The van der Waals surface area contributed by atoms with Gasteiger partial charge in [-0.15, -0.1) is 0 Å². The van der Waals surface area contributed by atoms with Crippen molar-refractivity contribution in [3.05, 3.63) is 0 Å². The van der Waals surface area contributed by atoms with Gasteiger partial charge in [0.05, 0.1) is 0 Å². The molecule has 0 aromatic rings. The van der Waals surface area contributed by atoms with Gasteiger partial charge < -0.3 is 9.80 Å². The Morgan fingerprint density at radius 3 is 1.60 bits per heavy atom. The summed E-state index contributed by atoms with van der Waals surface area (Å²) in [6.45, 7) is 10.4. The third kappa shape index (κ3) is 8.88. The standard InChI is InChI=1S/C9H20N2.2C2H6/c1-10(2)7-8-11(3)9-5-4-6-9;2*1-2/h9H,4-8H2,1-3H3;2*1-2H3. The first-order valence-electron chi connectivity index (χ1n) is 6.55. The topological polar surface area (TPSA) is 6.48 Å². The Bertz CT molecular complexity index is 109. The lowest BCUT2D eigenvalue weighted by Crippen LogP contribution is -2.40. The third-order valence-corrected chi connectivity index (χ3v) is 2.60. The number of nitrogens with zero attached hydrogens (tertiary/aromatic N) is 2. The molecule has 0 unspecified atom stereocenters. The Kier molecular flexibility index (Phi) is 13.8. The molecule has 0 radical (unpaired) electrons. The Labute approximate surface area is 97.6 Å². The molecular formula is C13H32N2. The Hall–Kier alpha value is -0.0800. The number of likely N-dealkylation sites (N-methyl/N-ethyl adjacent to an activating group) is 2. The lowest BCUT2D eigenvalue weighted by atomic mass is 9.92. The van der Waals surface area contributed by atoms with Gasteiger partial charge in [0.25, 0.3) is 0 Å². The van der Waals surface area contributed by atoms with Crippen molar-refractivity contribution >= 4 is 0 Å². The lowest BCUT2D eigenvalue weighted by Gasteiger charge is -2.35. The van der Waals surface area contributed by atoms with Gasteiger partial charge in [0.15, 0.2) is 0 Å². The average Bonchev–Trinajstić information content (AvgIpc) is 2.18. The fraction of sp³-hybridized carbons (Fsp3) is 1.00. The van der Waals surface area contributed by atoms with Crippen molar-refractivity contribution in [2.24, 2.45) is 0 Å². The van der Waals surface area contributed by atoms with Gasteiger partial charge in [0, 0.05) is 19.1 Å². The van der Waals surface area contributed by atoms with E-state index in [4.69, 9.17) is 0 Å². The normalized spacial score (nSPS) is 15.0. The molecule has 0 N–H and O–H groups in total. The summed E-state index contributed by atoms with van der Waals surface area (Å²) in [6.07, 6.45) is 4.28. The zero-order valence-electron chi connectivity index (χ0n) is 12.0. The van der Waals surface area contributed by atoms with E-state index in [9.17, 15) is 0 Å². The highest BCUT2D eigenvalue weighted by Gasteiger charge is 2.21. The van der Waals surface area contributed by atoms with Crippen LogP contribution in [0.5, 0.6) is 0 Å². The molecule has 1 rings (SSSR count). The Morgan fingerprint density at radius 1 is 0.867 bits per heavy atom. The van der Waals surface area contributed by atoms with Crippen LogP contribution in [-0.2, 0) is 0 Å². The fourth-order valence-corrected chi connectivity index (χ4v) is 1.37. The first-order valence-corrected chi connectivity index (χ1v) is 6.55. The van der Waals surface area contributed by atoms with Crippen LogP contribution in [-0.4, -0.2) is 50.1 Å². The second-order valence-electron chi connectivity index (χ2n) is 3.87. The molecule has 1 saturated carbocycles. The van der Waals surface area contributed by atoms with Crippen LogP contribution in [0, 0.1) is 0 Å². The highest BCUT2D eigenvalue weighted by molar-refractivity contribution is 4.77. The van der Waals surface area contributed by atoms with E-state index in [-0.39, 0.29) is 0 Å². The predicted molar refractivity (Wildman–Crippen MR) is 71.5 cm³/mol. The van der Waals surface area contributed by atoms with Crippen molar-refractivity contribution in [1.82, 2.24) is 9.80 Å². The van der Waals surface area contributed by atoms with Crippen LogP contribution in [0.3, 0.4) is 0 Å². The van der Waals surface area contributed by atoms with Gasteiger partial charge in [0.2, 0.25) is 0 Å². The van der Waals surface area contributed by atoms with E-state index in [1.807, 2.05) is 27.7 Å². The molecule has 1 aliphatic carbocycles. The van der Waals surface area contributed by atoms with E-state index in [2.05, 4.69) is 30.9 Å². The van der Waals surface area contributed by atoms with Crippen LogP contribution >= 0.6 is 0 Å². The van der Waals surface area contributed by atoms with Crippen molar-refractivity contribution in [2.45, 2.75) is 53.0 Å². The summed E-state index contributed by atoms with van der Waals surface area (Å²) in [4.78, 5) is 4.73. The smallest absolute Gasteiger partial charge is 0.0109 e. The molecular weight excluding hydrogens is 184 g/mol. The second-order valence-corrected chi connectivity index (χ2v) is 3.87. The molecule has 1 aliphatic rings. The maximum absolute atomic E-state index is 2.49. The molecule has 2 nitrogen and oxygen atoms in total. The van der Waals surface area contributed by atoms with Crippen LogP contribution in [0.25, 0.3) is 0 Å². The maximum Gasteiger partial charge on any atom is 0.0109 e. The molecule has 0 atom stereocenters. The molecule has 0 heterocycles. The van der Waals surface area contributed by atoms with Gasteiger partial charge in [-0.1, -0.05) is 34.1 Å². The summed E-state index contributed by atoms with van der Waals surface area (Å²) in [5.74, 6) is 0. The van der Waals surface area contributed by atoms with E-state index in [0.29, 0.717) is 0 Å². The van der Waals surface area contributed by atoms with Gasteiger partial charge in [-0.25, -0.2) is 0 Å². The van der Waals surface area contributed by atoms with Crippen molar-refractivity contribution in [1.29, 1.82) is 0 Å². The first kappa shape index (κ1) is 17.3. The van der Waals surface area contributed by atoms with Crippen LogP contribution in [0.1, 0.15) is 47.0 Å². The van der Waals surface area contributed by atoms with Crippen molar-refractivity contribution < 1.29 is 0 Å². The summed E-state index contributed by atoms with van der Waals surface area (Å²) in [7, 11) is 6.51. The average molecular weight is 216 g/mol. The molecule has 0 amide bonds. The van der Waals surface area contributed by atoms with Crippen molar-refractivity contribution in [2.75, 3.05) is 34.2 Å². The Morgan fingerprint density at radius 2 is 1.33 bits per heavy atom. The molecule has 0 aliphatic heterocycles. The van der Waals surface area contributed by atoms with Crippen LogP contribution in [0.15, 0.2) is 0 Å². The zero-order valence-corrected chi connectivity index (χ0v) is 12.0. The predicted octanol–water partition coefficient (Wildman–Crippen LogP) is 3.08. The third-order valence-electron chi connectivity index (χ3n) is 2.60. The van der Waals surface area contributed by atoms with Gasteiger partial charge in [-0.3, -0.25) is 0 Å². The van der Waals surface area contributed by atoms with Gasteiger partial charge >= 0.3 is 0 Å². The Balaban J connectivity index is 0. The SMILES string of the molecule is CC.CC.CN(C)CCN(C)C1CCC1. The maximum atomic E-state index is 2.49. The van der Waals surface area contributed by atoms with Gasteiger partial charge in [0.1, 0.15) is 0 Å². The van der Waals surface area contributed by atoms with Gasteiger partial charge in [-0.05, 0) is 34.0 Å².